The molecular weight excluding hydrogens is 1650 g/mol. The fraction of sp³-hybridized carbons (Fsp3) is 0.125. The first-order valence-corrected chi connectivity index (χ1v) is 47.8. The molecule has 0 spiro atoms. The number of nitrogens with zero attached hydrogens (tertiary/aromatic N) is 6. The average Bonchev–Trinajstić information content (AvgIpc) is 1.53. The quantitative estimate of drug-likeness (QED) is 0.102. The molecule has 0 N–H and O–H groups in total. The van der Waals surface area contributed by atoms with Gasteiger partial charge in [-0.05, 0) is 293 Å². The minimum Gasteiger partial charge on any atom is -0.454 e. The van der Waals surface area contributed by atoms with Crippen molar-refractivity contribution in [1.82, 2.24) is 8.80 Å². The van der Waals surface area contributed by atoms with Crippen molar-refractivity contribution in [3.63, 3.8) is 0 Å². The third-order valence-electron chi connectivity index (χ3n) is 29.4. The summed E-state index contributed by atoms with van der Waals surface area (Å²) in [5.74, 6) is 0. The molecule has 0 aliphatic carbocycles. The van der Waals surface area contributed by atoms with Crippen LogP contribution in [0.25, 0.3) is 163 Å². The van der Waals surface area contributed by atoms with Crippen LogP contribution in [0.5, 0.6) is 0 Å². The molecule has 6 heterocycles. The zero-order valence-corrected chi connectivity index (χ0v) is 78.2. The molecule has 0 radical (unpaired) electrons. The molecule has 654 valence electrons. The topological polar surface area (TPSA) is 48.1 Å². The summed E-state index contributed by atoms with van der Waals surface area (Å²) in [6.07, 6.45) is 0.781. The molecule has 0 saturated carbocycles. The first kappa shape index (κ1) is 80.7. The van der Waals surface area contributed by atoms with Gasteiger partial charge in [-0.1, -0.05) is 276 Å². The Bertz CT molecular complexity index is 9280. The van der Waals surface area contributed by atoms with E-state index >= 15 is 0 Å². The van der Waals surface area contributed by atoms with Crippen LogP contribution in [0, 0.1) is 0 Å². The second kappa shape index (κ2) is 29.9. The molecule has 8 nitrogen and oxygen atoms in total. The Morgan fingerprint density at radius 3 is 0.904 bits per heavy atom. The molecule has 0 aliphatic heterocycles. The van der Waals surface area contributed by atoms with Crippen LogP contribution in [0.4, 0.5) is 68.2 Å². The van der Waals surface area contributed by atoms with Gasteiger partial charge >= 0.3 is 0 Å². The number of anilines is 12. The number of aromatic nitrogens is 2. The van der Waals surface area contributed by atoms with Gasteiger partial charge in [0.25, 0.3) is 0 Å². The predicted molar refractivity (Wildman–Crippen MR) is 578 cm³/mol. The summed E-state index contributed by atoms with van der Waals surface area (Å²) in [4.78, 5) is 9.60. The fourth-order valence-corrected chi connectivity index (χ4v) is 22.4. The molecule has 20 aromatic carbocycles. The summed E-state index contributed by atoms with van der Waals surface area (Å²) < 4.78 is 18.8. The Morgan fingerprint density at radius 2 is 0.515 bits per heavy atom. The van der Waals surface area contributed by atoms with Crippen LogP contribution in [0.3, 0.4) is 0 Å². The molecule has 0 unspecified atom stereocenters. The number of hydrogen-bond acceptors (Lipinski definition) is 6. The molecular formula is C128H100N6O2. The lowest BCUT2D eigenvalue weighted by Gasteiger charge is -2.29. The Morgan fingerprint density at radius 1 is 0.213 bits per heavy atom. The van der Waals surface area contributed by atoms with Gasteiger partial charge in [0, 0.05) is 122 Å². The molecule has 136 heavy (non-hydrogen) atoms. The molecule has 0 amide bonds. The molecule has 0 atom stereocenters. The SMILES string of the molecule is CC(C)(C)c1ccc(N(c2ccc(C(C)(C)C)cc2)c2ccc3cc4c5cccc6c7cc8ccc(N(c9ccc(C(C)(C)C)cc9)c9ccc(C(C)(C)Cc%10ccc%11c%12cc%13ccc(N(c%14ccccc%14)c%14cccc%15c%14oc%14ccccc%14%15)cc%13cc%12n%12c%13cc%14cc(N(c%15ccccc%15)c%15cccc%16c%15oc%15ccccc%15%16)ccc%14cc%13c%10c%11%12)cc9)cc8cc7n(c4cc3c2)c56)cc1. The van der Waals surface area contributed by atoms with Crippen LogP contribution < -0.4 is 19.6 Å². The van der Waals surface area contributed by atoms with Gasteiger partial charge in [-0.25, -0.2) is 0 Å². The van der Waals surface area contributed by atoms with Crippen LogP contribution in [-0.2, 0) is 28.1 Å². The third-order valence-corrected chi connectivity index (χ3v) is 29.4. The Kier molecular flexibility index (Phi) is 17.8. The fourth-order valence-electron chi connectivity index (χ4n) is 22.4. The van der Waals surface area contributed by atoms with Crippen LogP contribution in [0.1, 0.15) is 104 Å². The number of rotatable bonds is 15. The van der Waals surface area contributed by atoms with Gasteiger partial charge in [-0.2, -0.15) is 0 Å². The van der Waals surface area contributed by atoms with Crippen molar-refractivity contribution >= 4 is 231 Å². The van der Waals surface area contributed by atoms with E-state index in [1.54, 1.807) is 0 Å². The summed E-state index contributed by atoms with van der Waals surface area (Å²) in [5, 5.41) is 23.8. The monoisotopic (exact) mass is 1750 g/mol. The van der Waals surface area contributed by atoms with E-state index in [-0.39, 0.29) is 21.7 Å². The van der Waals surface area contributed by atoms with Crippen molar-refractivity contribution in [3.05, 3.63) is 422 Å². The smallest absolute Gasteiger partial charge is 0.159 e. The lowest BCUT2D eigenvalue weighted by atomic mass is 9.78. The molecule has 0 bridgehead atoms. The zero-order valence-electron chi connectivity index (χ0n) is 78.2. The zero-order chi connectivity index (χ0) is 91.7. The largest absolute Gasteiger partial charge is 0.454 e. The summed E-state index contributed by atoms with van der Waals surface area (Å²) in [5.41, 5.74) is 29.6. The molecule has 26 rings (SSSR count). The number of hydrogen-bond donors (Lipinski definition) is 0. The van der Waals surface area contributed by atoms with Gasteiger partial charge in [0.05, 0.1) is 44.5 Å². The lowest BCUT2D eigenvalue weighted by molar-refractivity contribution is 0.524. The number of para-hydroxylation sites is 7. The van der Waals surface area contributed by atoms with E-state index in [0.29, 0.717) is 0 Å². The first-order valence-electron chi connectivity index (χ1n) is 47.8. The van der Waals surface area contributed by atoms with Gasteiger partial charge in [0.2, 0.25) is 0 Å². The van der Waals surface area contributed by atoms with Crippen molar-refractivity contribution in [2.45, 2.75) is 104 Å². The molecule has 26 aromatic rings. The van der Waals surface area contributed by atoms with Gasteiger partial charge in [-0.15, -0.1) is 0 Å². The summed E-state index contributed by atoms with van der Waals surface area (Å²) in [6.45, 7) is 25.5. The van der Waals surface area contributed by atoms with Gasteiger partial charge in [0.15, 0.2) is 11.2 Å². The standard InChI is InChI=1S/C128H100N6O2/c1-125(2,3)87-44-56-93(57-45-87)129(94-58-46-88(47-59-94)126(4,5)6)97-52-39-78-69-108-103-31-22-32-104-109-70-79-40-53-98(66-84(79)74-115(109)133(121(103)104)114(108)73-83(78)65-97)130(95-60-48-89(49-61-95)127(7,8)9)96-62-50-90(51-63-96)128(10,11)77-82-43-64-105-110-71-80-41-54-99(131(91-25-14-12-15-26-91)112-35-23-33-106-101-29-18-20-37-118(101)135-123(106)112)67-85(80)75-116(110)134-117-76-86-68-100(55-42-81(86)72-111(117)120(82)122(105)134)132(92-27-16-13-17-28-92)113-36-24-34-107-102-30-19-21-38-119(102)136-124(107)113/h12-76H,77H2,1-11H3. The predicted octanol–water partition coefficient (Wildman–Crippen LogP) is 36.7. The maximum Gasteiger partial charge on any atom is 0.159 e. The lowest BCUT2D eigenvalue weighted by Crippen LogP contribution is -2.21. The van der Waals surface area contributed by atoms with Crippen LogP contribution in [0.2, 0.25) is 0 Å². The van der Waals surface area contributed by atoms with E-state index in [2.05, 4.69) is 493 Å². The highest BCUT2D eigenvalue weighted by atomic mass is 16.3. The highest BCUT2D eigenvalue weighted by Crippen LogP contribution is 2.53. The second-order valence-electron chi connectivity index (χ2n) is 41.5. The van der Waals surface area contributed by atoms with Crippen molar-refractivity contribution < 1.29 is 8.83 Å². The molecule has 0 saturated heterocycles. The van der Waals surface area contributed by atoms with Crippen molar-refractivity contribution in [2.75, 3.05) is 19.6 Å². The summed E-state index contributed by atoms with van der Waals surface area (Å²) in [7, 11) is 0. The van der Waals surface area contributed by atoms with E-state index in [1.165, 1.54) is 125 Å². The summed E-state index contributed by atoms with van der Waals surface area (Å²) in [6, 6.07) is 148. The van der Waals surface area contributed by atoms with E-state index in [1.807, 2.05) is 6.07 Å². The number of furan rings is 2. The minimum absolute atomic E-state index is 0.0293. The molecule has 8 heteroatoms. The van der Waals surface area contributed by atoms with E-state index in [4.69, 9.17) is 8.83 Å². The number of fused-ring (bicyclic) bond motifs is 22. The second-order valence-corrected chi connectivity index (χ2v) is 41.5. The Balaban J connectivity index is 0.597. The van der Waals surface area contributed by atoms with Crippen LogP contribution in [0.15, 0.2) is 403 Å². The Labute approximate surface area is 789 Å². The molecule has 6 aromatic heterocycles. The van der Waals surface area contributed by atoms with Crippen LogP contribution in [-0.4, -0.2) is 8.80 Å². The Hall–Kier alpha value is -16.2. The molecule has 0 fully saturated rings. The number of benzene rings is 20. The maximum absolute atomic E-state index is 6.84. The third kappa shape index (κ3) is 12.8. The normalized spacial score (nSPS) is 12.7. The minimum atomic E-state index is -0.332. The maximum atomic E-state index is 6.84. The van der Waals surface area contributed by atoms with Crippen molar-refractivity contribution in [3.8, 4) is 0 Å². The van der Waals surface area contributed by atoms with E-state index < -0.39 is 0 Å². The molecule has 0 aliphatic rings. The van der Waals surface area contributed by atoms with Gasteiger partial charge in [-0.3, -0.25) is 0 Å². The van der Waals surface area contributed by atoms with Crippen molar-refractivity contribution in [1.29, 1.82) is 0 Å². The van der Waals surface area contributed by atoms with Crippen molar-refractivity contribution in [2.24, 2.45) is 0 Å². The van der Waals surface area contributed by atoms with Gasteiger partial charge in [0.1, 0.15) is 11.2 Å². The van der Waals surface area contributed by atoms with E-state index in [0.717, 1.165) is 140 Å². The highest BCUT2D eigenvalue weighted by molar-refractivity contribution is 6.29. The van der Waals surface area contributed by atoms with Gasteiger partial charge < -0.3 is 37.2 Å². The average molecular weight is 1750 g/mol. The summed E-state index contributed by atoms with van der Waals surface area (Å²) >= 11 is 0. The van der Waals surface area contributed by atoms with E-state index in [9.17, 15) is 0 Å². The van der Waals surface area contributed by atoms with Crippen LogP contribution >= 0.6 is 0 Å². The highest BCUT2D eigenvalue weighted by Gasteiger charge is 2.32. The first-order chi connectivity index (χ1) is 66.0.